The maximum absolute atomic E-state index is 12.7. The predicted octanol–water partition coefficient (Wildman–Crippen LogP) is 3.40. The van der Waals surface area contributed by atoms with Gasteiger partial charge in [-0.3, -0.25) is 9.59 Å². The van der Waals surface area contributed by atoms with E-state index in [9.17, 15) is 14.4 Å². The fraction of sp³-hybridized carbons (Fsp3) is 0.208. The summed E-state index contributed by atoms with van der Waals surface area (Å²) in [4.78, 5) is 42.1. The van der Waals surface area contributed by atoms with Crippen LogP contribution in [-0.4, -0.2) is 33.1 Å². The highest BCUT2D eigenvalue weighted by Crippen LogP contribution is 2.18. The van der Waals surface area contributed by atoms with Crippen LogP contribution < -0.4 is 15.6 Å². The molecule has 174 valence electrons. The van der Waals surface area contributed by atoms with Crippen molar-refractivity contribution in [2.75, 3.05) is 11.9 Å². The third-order valence-corrected chi connectivity index (χ3v) is 5.86. The summed E-state index contributed by atoms with van der Waals surface area (Å²) >= 11 is 1.31. The van der Waals surface area contributed by atoms with Gasteiger partial charge >= 0.3 is 5.97 Å². The molecule has 0 aliphatic heterocycles. The van der Waals surface area contributed by atoms with Gasteiger partial charge in [-0.15, -0.1) is 0 Å². The zero-order valence-electron chi connectivity index (χ0n) is 18.6. The van der Waals surface area contributed by atoms with Crippen molar-refractivity contribution in [1.82, 2.24) is 14.6 Å². The lowest BCUT2D eigenvalue weighted by atomic mass is 10.2. The summed E-state index contributed by atoms with van der Waals surface area (Å²) in [6.07, 6.45) is 0.691. The number of nitrogens with one attached hydrogen (secondary N) is 1. The Kier molecular flexibility index (Phi) is 6.98. The number of anilines is 1. The molecule has 1 N–H and O–H groups in total. The number of hydrogen-bond donors (Lipinski definition) is 1. The van der Waals surface area contributed by atoms with Gasteiger partial charge < -0.3 is 14.8 Å². The average Bonchev–Trinajstić information content (AvgIpc) is 3.26. The number of amides is 1. The molecule has 0 unspecified atom stereocenters. The van der Waals surface area contributed by atoms with Crippen molar-refractivity contribution in [3.05, 3.63) is 86.8 Å². The molecule has 0 aliphatic carbocycles. The molecule has 0 aliphatic rings. The zero-order valence-corrected chi connectivity index (χ0v) is 19.4. The summed E-state index contributed by atoms with van der Waals surface area (Å²) in [6, 6.07) is 15.1. The first-order valence-corrected chi connectivity index (χ1v) is 11.4. The van der Waals surface area contributed by atoms with Gasteiger partial charge in [-0.2, -0.15) is 9.61 Å². The number of esters is 1. The van der Waals surface area contributed by atoms with Gasteiger partial charge in [0.15, 0.2) is 6.61 Å². The topological polar surface area (TPSA) is 112 Å². The van der Waals surface area contributed by atoms with Crippen LogP contribution in [0.1, 0.15) is 33.5 Å². The molecule has 0 radical (unpaired) electrons. The minimum Gasteiger partial charge on any atom is -0.484 e. The molecule has 4 rings (SSSR count). The number of aromatic nitrogens is 3. The van der Waals surface area contributed by atoms with E-state index in [0.29, 0.717) is 28.5 Å². The van der Waals surface area contributed by atoms with Crippen LogP contribution in [0.15, 0.2) is 59.4 Å². The van der Waals surface area contributed by atoms with Crippen LogP contribution in [0, 0.1) is 6.92 Å². The van der Waals surface area contributed by atoms with Crippen molar-refractivity contribution in [1.29, 1.82) is 0 Å². The maximum atomic E-state index is 12.7. The van der Waals surface area contributed by atoms with E-state index in [1.807, 2.05) is 26.0 Å². The third kappa shape index (κ3) is 5.46. The van der Waals surface area contributed by atoms with Gasteiger partial charge in [0.2, 0.25) is 4.96 Å². The lowest BCUT2D eigenvalue weighted by Crippen LogP contribution is -2.22. The highest BCUT2D eigenvalue weighted by molar-refractivity contribution is 7.16. The van der Waals surface area contributed by atoms with Crippen LogP contribution in [0.5, 0.6) is 5.75 Å². The van der Waals surface area contributed by atoms with Crippen LogP contribution in [0.25, 0.3) is 4.96 Å². The molecule has 2 aromatic heterocycles. The van der Waals surface area contributed by atoms with Crippen LogP contribution in [0.4, 0.5) is 5.69 Å². The Balaban J connectivity index is 1.40. The molecule has 0 spiro atoms. The van der Waals surface area contributed by atoms with Gasteiger partial charge in [0.1, 0.15) is 17.4 Å². The van der Waals surface area contributed by atoms with Gasteiger partial charge in [-0.25, -0.2) is 9.78 Å². The molecule has 1 amide bonds. The van der Waals surface area contributed by atoms with Crippen molar-refractivity contribution in [2.45, 2.75) is 26.9 Å². The highest BCUT2D eigenvalue weighted by Gasteiger charge is 2.16. The van der Waals surface area contributed by atoms with Crippen molar-refractivity contribution in [3.63, 3.8) is 0 Å². The third-order valence-electron chi connectivity index (χ3n) is 4.81. The van der Waals surface area contributed by atoms with Gasteiger partial charge in [0, 0.05) is 6.07 Å². The molecule has 0 atom stereocenters. The summed E-state index contributed by atoms with van der Waals surface area (Å²) in [7, 11) is 0. The molecule has 0 saturated carbocycles. The molecule has 10 heteroatoms. The normalized spacial score (nSPS) is 10.8. The second-order valence-corrected chi connectivity index (χ2v) is 8.44. The molecule has 4 aromatic rings. The summed E-state index contributed by atoms with van der Waals surface area (Å²) in [6.45, 7) is 3.50. The number of benzene rings is 2. The Hall–Kier alpha value is -4.05. The molecule has 2 heterocycles. The molecule has 0 saturated heterocycles. The van der Waals surface area contributed by atoms with E-state index >= 15 is 0 Å². The molecule has 0 fully saturated rings. The van der Waals surface area contributed by atoms with E-state index in [4.69, 9.17) is 9.47 Å². The van der Waals surface area contributed by atoms with E-state index in [1.54, 1.807) is 36.4 Å². The van der Waals surface area contributed by atoms with Gasteiger partial charge in [0.05, 0.1) is 16.9 Å². The first kappa shape index (κ1) is 23.1. The first-order chi connectivity index (χ1) is 16.4. The van der Waals surface area contributed by atoms with Crippen molar-refractivity contribution in [3.8, 4) is 5.75 Å². The van der Waals surface area contributed by atoms with Crippen molar-refractivity contribution >= 4 is 33.9 Å². The van der Waals surface area contributed by atoms with Crippen molar-refractivity contribution < 1.29 is 19.1 Å². The van der Waals surface area contributed by atoms with E-state index in [1.165, 1.54) is 21.9 Å². The zero-order chi connectivity index (χ0) is 24.1. The van der Waals surface area contributed by atoms with E-state index in [-0.39, 0.29) is 24.3 Å². The van der Waals surface area contributed by atoms with Gasteiger partial charge in [-0.05, 0) is 37.6 Å². The number of carbonyl (C=O) groups excluding carboxylic acids is 2. The Bertz CT molecular complexity index is 1390. The summed E-state index contributed by atoms with van der Waals surface area (Å²) < 4.78 is 12.1. The highest BCUT2D eigenvalue weighted by atomic mass is 32.1. The van der Waals surface area contributed by atoms with E-state index < -0.39 is 11.9 Å². The fourth-order valence-corrected chi connectivity index (χ4v) is 3.93. The summed E-state index contributed by atoms with van der Waals surface area (Å²) in [5.41, 5.74) is 1.53. The lowest BCUT2D eigenvalue weighted by molar-refractivity contribution is -0.118. The van der Waals surface area contributed by atoms with Gasteiger partial charge in [-0.1, -0.05) is 48.1 Å². The largest absolute Gasteiger partial charge is 0.484 e. The van der Waals surface area contributed by atoms with E-state index in [2.05, 4.69) is 15.4 Å². The molecule has 34 heavy (non-hydrogen) atoms. The Labute approximate surface area is 199 Å². The number of nitrogens with zero attached hydrogens (tertiary/aromatic N) is 3. The Morgan fingerprint density at radius 3 is 2.65 bits per heavy atom. The Morgan fingerprint density at radius 1 is 1.12 bits per heavy atom. The number of para-hydroxylation sites is 1. The standard InChI is InChI=1S/C24H22N4O5S/c1-3-21-27-28-22(30)12-16(25-24(28)34-21)13-33-23(31)18-6-4-5-7-19(18)26-20(29)14-32-17-10-8-15(2)9-11-17/h4-12H,3,13-14H2,1-2H3,(H,26,29). The van der Waals surface area contributed by atoms with E-state index in [0.717, 1.165) is 10.6 Å². The fourth-order valence-electron chi connectivity index (χ4n) is 3.07. The summed E-state index contributed by atoms with van der Waals surface area (Å²) in [5.74, 6) is -0.505. The number of carbonyl (C=O) groups is 2. The first-order valence-electron chi connectivity index (χ1n) is 10.6. The van der Waals surface area contributed by atoms with Crippen LogP contribution in [0.2, 0.25) is 0 Å². The van der Waals surface area contributed by atoms with Gasteiger partial charge in [0.25, 0.3) is 11.5 Å². The number of fused-ring (bicyclic) bond motifs is 1. The number of rotatable bonds is 8. The smallest absolute Gasteiger partial charge is 0.340 e. The molecule has 2 aromatic carbocycles. The Morgan fingerprint density at radius 2 is 1.88 bits per heavy atom. The predicted molar refractivity (Wildman–Crippen MR) is 127 cm³/mol. The van der Waals surface area contributed by atoms with Crippen LogP contribution in [-0.2, 0) is 22.6 Å². The number of hydrogen-bond acceptors (Lipinski definition) is 8. The molecular weight excluding hydrogens is 456 g/mol. The van der Waals surface area contributed by atoms with Crippen molar-refractivity contribution in [2.24, 2.45) is 0 Å². The van der Waals surface area contributed by atoms with Crippen LogP contribution in [0.3, 0.4) is 0 Å². The molecule has 9 nitrogen and oxygen atoms in total. The minimum absolute atomic E-state index is 0.176. The second kappa shape index (κ2) is 10.3. The molecular formula is C24H22N4O5S. The van der Waals surface area contributed by atoms with Crippen LogP contribution >= 0.6 is 11.3 Å². The minimum atomic E-state index is -0.657. The lowest BCUT2D eigenvalue weighted by Gasteiger charge is -2.11. The second-order valence-electron chi connectivity index (χ2n) is 7.40. The monoisotopic (exact) mass is 478 g/mol. The number of aryl methyl sites for hydroxylation is 2. The SMILES string of the molecule is CCc1nn2c(=O)cc(COC(=O)c3ccccc3NC(=O)COc3ccc(C)cc3)nc2s1. The average molecular weight is 479 g/mol. The summed E-state index contributed by atoms with van der Waals surface area (Å²) in [5, 5.41) is 7.65. The maximum Gasteiger partial charge on any atom is 0.340 e. The molecule has 0 bridgehead atoms. The quantitative estimate of drug-likeness (QED) is 0.386. The number of ether oxygens (including phenoxy) is 2.